The highest BCUT2D eigenvalue weighted by Crippen LogP contribution is 2.02. The molecule has 2 amide bonds. The fraction of sp³-hybridized carbons (Fsp3) is 0.750. The third-order valence-electron chi connectivity index (χ3n) is 1.98. The molecule has 1 unspecified atom stereocenters. The molecule has 80 valence electrons. The smallest absolute Gasteiger partial charge is 0.325 e. The van der Waals surface area contributed by atoms with Gasteiger partial charge < -0.3 is 20.5 Å². The van der Waals surface area contributed by atoms with Crippen molar-refractivity contribution in [2.75, 3.05) is 13.2 Å². The lowest BCUT2D eigenvalue weighted by Crippen LogP contribution is -2.48. The van der Waals surface area contributed by atoms with Gasteiger partial charge in [0.05, 0.1) is 12.6 Å². The van der Waals surface area contributed by atoms with E-state index in [1.165, 1.54) is 6.92 Å². The number of hydrogen-bond donors (Lipinski definition) is 3. The Hall–Kier alpha value is -1.30. The van der Waals surface area contributed by atoms with Crippen LogP contribution >= 0.6 is 0 Å². The van der Waals surface area contributed by atoms with Gasteiger partial charge in [0, 0.05) is 6.61 Å². The summed E-state index contributed by atoms with van der Waals surface area (Å²) in [7, 11) is 0. The summed E-state index contributed by atoms with van der Waals surface area (Å²) >= 11 is 0. The first-order chi connectivity index (χ1) is 6.59. The van der Waals surface area contributed by atoms with Crippen LogP contribution in [0.25, 0.3) is 0 Å². The van der Waals surface area contributed by atoms with Crippen molar-refractivity contribution in [1.29, 1.82) is 0 Å². The van der Waals surface area contributed by atoms with Gasteiger partial charge in [0.1, 0.15) is 6.04 Å². The van der Waals surface area contributed by atoms with Crippen LogP contribution in [0.5, 0.6) is 0 Å². The molecule has 0 spiro atoms. The van der Waals surface area contributed by atoms with E-state index in [4.69, 9.17) is 9.84 Å². The lowest BCUT2D eigenvalue weighted by molar-refractivity contribution is -0.138. The van der Waals surface area contributed by atoms with E-state index < -0.39 is 18.0 Å². The van der Waals surface area contributed by atoms with E-state index in [2.05, 4.69) is 10.6 Å². The van der Waals surface area contributed by atoms with E-state index in [-0.39, 0.29) is 6.04 Å². The Morgan fingerprint density at radius 3 is 2.79 bits per heavy atom. The fourth-order valence-electron chi connectivity index (χ4n) is 1.13. The molecule has 14 heavy (non-hydrogen) atoms. The first-order valence-corrected chi connectivity index (χ1v) is 4.47. The largest absolute Gasteiger partial charge is 0.480 e. The molecular formula is C8H14N2O4. The molecule has 0 aromatic carbocycles. The van der Waals surface area contributed by atoms with Crippen molar-refractivity contribution in [3.8, 4) is 0 Å². The molecule has 1 heterocycles. The van der Waals surface area contributed by atoms with Gasteiger partial charge >= 0.3 is 12.0 Å². The molecule has 0 bridgehead atoms. The van der Waals surface area contributed by atoms with Gasteiger partial charge in [-0.1, -0.05) is 0 Å². The fourth-order valence-corrected chi connectivity index (χ4v) is 1.13. The summed E-state index contributed by atoms with van der Waals surface area (Å²) in [6, 6.07) is -1.34. The number of amides is 2. The Bertz CT molecular complexity index is 225. The van der Waals surface area contributed by atoms with Gasteiger partial charge in [0.25, 0.3) is 0 Å². The Morgan fingerprint density at radius 2 is 2.29 bits per heavy atom. The van der Waals surface area contributed by atoms with Crippen LogP contribution in [0.1, 0.15) is 13.3 Å². The minimum Gasteiger partial charge on any atom is -0.480 e. The molecule has 6 nitrogen and oxygen atoms in total. The number of aliphatic carboxylic acids is 1. The number of carboxylic acid groups (broad SMARTS) is 1. The summed E-state index contributed by atoms with van der Waals surface area (Å²) in [6.07, 6.45) is 0.773. The normalized spacial score (nSPS) is 22.8. The molecule has 1 rings (SSSR count). The summed E-state index contributed by atoms with van der Waals surface area (Å²) in [5.74, 6) is -1.05. The second-order valence-electron chi connectivity index (χ2n) is 3.24. The number of carbonyl (C=O) groups is 2. The standard InChI is InChI=1S/C8H14N2O4/c1-5(7(11)12)9-8(13)10-6-2-3-14-4-6/h5-6H,2-4H2,1H3,(H,11,12)(H2,9,10,13)/t5-,6?/m1/s1. The molecule has 0 aliphatic carbocycles. The van der Waals surface area contributed by atoms with E-state index in [9.17, 15) is 9.59 Å². The molecule has 1 aliphatic heterocycles. The third kappa shape index (κ3) is 3.21. The minimum atomic E-state index is -1.05. The van der Waals surface area contributed by atoms with Crippen LogP contribution in [0.2, 0.25) is 0 Å². The van der Waals surface area contributed by atoms with Crippen molar-refractivity contribution in [1.82, 2.24) is 10.6 Å². The highest BCUT2D eigenvalue weighted by molar-refractivity contribution is 5.82. The van der Waals surface area contributed by atoms with Crippen LogP contribution in [0.3, 0.4) is 0 Å². The number of rotatable bonds is 3. The number of urea groups is 1. The van der Waals surface area contributed by atoms with E-state index in [1.807, 2.05) is 0 Å². The molecule has 0 saturated carbocycles. The zero-order valence-corrected chi connectivity index (χ0v) is 7.95. The second-order valence-corrected chi connectivity index (χ2v) is 3.24. The van der Waals surface area contributed by atoms with Crippen molar-refractivity contribution in [3.05, 3.63) is 0 Å². The van der Waals surface area contributed by atoms with Crippen molar-refractivity contribution in [2.45, 2.75) is 25.4 Å². The van der Waals surface area contributed by atoms with Gasteiger partial charge in [0.2, 0.25) is 0 Å². The van der Waals surface area contributed by atoms with Gasteiger partial charge in [-0.3, -0.25) is 4.79 Å². The highest BCUT2D eigenvalue weighted by Gasteiger charge is 2.19. The van der Waals surface area contributed by atoms with Crippen molar-refractivity contribution in [2.24, 2.45) is 0 Å². The first kappa shape index (κ1) is 10.8. The zero-order valence-electron chi connectivity index (χ0n) is 7.95. The minimum absolute atomic E-state index is 0.00371. The quantitative estimate of drug-likeness (QED) is 0.578. The maximum absolute atomic E-state index is 11.2. The van der Waals surface area contributed by atoms with Crippen molar-refractivity contribution >= 4 is 12.0 Å². The number of ether oxygens (including phenoxy) is 1. The Kier molecular flexibility index (Phi) is 3.70. The summed E-state index contributed by atoms with van der Waals surface area (Å²) in [5, 5.41) is 13.5. The molecule has 1 fully saturated rings. The third-order valence-corrected chi connectivity index (χ3v) is 1.98. The van der Waals surface area contributed by atoms with Crippen LogP contribution < -0.4 is 10.6 Å². The predicted octanol–water partition coefficient (Wildman–Crippen LogP) is -0.452. The Labute approximate surface area is 81.6 Å². The summed E-state index contributed by atoms with van der Waals surface area (Å²) < 4.78 is 5.05. The van der Waals surface area contributed by atoms with Gasteiger partial charge in [-0.05, 0) is 13.3 Å². The van der Waals surface area contributed by atoms with Gasteiger partial charge in [0.15, 0.2) is 0 Å². The SMILES string of the molecule is C[C@@H](NC(=O)NC1CCOC1)C(=O)O. The van der Waals surface area contributed by atoms with Crippen LogP contribution in [0.4, 0.5) is 4.79 Å². The molecule has 0 aromatic rings. The second kappa shape index (κ2) is 4.80. The zero-order chi connectivity index (χ0) is 10.6. The van der Waals surface area contributed by atoms with Crippen LogP contribution in [0, 0.1) is 0 Å². The lowest BCUT2D eigenvalue weighted by Gasteiger charge is -2.13. The van der Waals surface area contributed by atoms with Gasteiger partial charge in [-0.2, -0.15) is 0 Å². The van der Waals surface area contributed by atoms with Crippen LogP contribution in [0.15, 0.2) is 0 Å². The van der Waals surface area contributed by atoms with E-state index in [0.29, 0.717) is 13.2 Å². The average molecular weight is 202 g/mol. The lowest BCUT2D eigenvalue weighted by atomic mass is 10.3. The highest BCUT2D eigenvalue weighted by atomic mass is 16.5. The number of nitrogens with one attached hydrogen (secondary N) is 2. The molecule has 1 saturated heterocycles. The van der Waals surface area contributed by atoms with Gasteiger partial charge in [-0.25, -0.2) is 4.79 Å². The topological polar surface area (TPSA) is 87.7 Å². The van der Waals surface area contributed by atoms with E-state index in [0.717, 1.165) is 6.42 Å². The monoisotopic (exact) mass is 202 g/mol. The summed E-state index contributed by atoms with van der Waals surface area (Å²) in [5.41, 5.74) is 0. The maximum Gasteiger partial charge on any atom is 0.325 e. The molecule has 6 heteroatoms. The van der Waals surface area contributed by atoms with E-state index >= 15 is 0 Å². The molecule has 0 radical (unpaired) electrons. The first-order valence-electron chi connectivity index (χ1n) is 4.47. The predicted molar refractivity (Wildman–Crippen MR) is 48.0 cm³/mol. The van der Waals surface area contributed by atoms with Crippen molar-refractivity contribution in [3.63, 3.8) is 0 Å². The van der Waals surface area contributed by atoms with Crippen molar-refractivity contribution < 1.29 is 19.4 Å². The van der Waals surface area contributed by atoms with Crippen LogP contribution in [-0.2, 0) is 9.53 Å². The molecule has 1 aliphatic rings. The maximum atomic E-state index is 11.2. The molecule has 2 atom stereocenters. The van der Waals surface area contributed by atoms with Gasteiger partial charge in [-0.15, -0.1) is 0 Å². The van der Waals surface area contributed by atoms with Crippen LogP contribution in [-0.4, -0.2) is 42.4 Å². The summed E-state index contributed by atoms with van der Waals surface area (Å²) in [6.45, 7) is 2.54. The molecule has 3 N–H and O–H groups in total. The van der Waals surface area contributed by atoms with E-state index in [1.54, 1.807) is 0 Å². The number of carbonyl (C=O) groups excluding carboxylic acids is 1. The number of hydrogen-bond acceptors (Lipinski definition) is 3. The average Bonchev–Trinajstić information content (AvgIpc) is 2.56. The Balaban J connectivity index is 2.24. The number of carboxylic acids is 1. The Morgan fingerprint density at radius 1 is 1.57 bits per heavy atom. The summed E-state index contributed by atoms with van der Waals surface area (Å²) in [4.78, 5) is 21.6. The molecule has 0 aromatic heterocycles. The molecular weight excluding hydrogens is 188 g/mol.